The van der Waals surface area contributed by atoms with Gasteiger partial charge >= 0.3 is 5.97 Å². The van der Waals surface area contributed by atoms with Gasteiger partial charge in [0.05, 0.1) is 0 Å². The quantitative estimate of drug-likeness (QED) is 0.175. The third-order valence-electron chi connectivity index (χ3n) is 3.61. The molecule has 25 heavy (non-hydrogen) atoms. The van der Waals surface area contributed by atoms with Gasteiger partial charge in [0.25, 0.3) is 0 Å². The van der Waals surface area contributed by atoms with Gasteiger partial charge in [0.2, 0.25) is 0 Å². The molecule has 9 heteroatoms. The maximum Gasteiger partial charge on any atom is 0.303 e. The topological polar surface area (TPSA) is 136 Å². The van der Waals surface area contributed by atoms with Crippen molar-refractivity contribution in [2.45, 2.75) is 96.8 Å². The third-order valence-corrected chi connectivity index (χ3v) is 3.83. The van der Waals surface area contributed by atoms with Crippen LogP contribution in [0.1, 0.15) is 96.8 Å². The zero-order chi connectivity index (χ0) is 18.7. The summed E-state index contributed by atoms with van der Waals surface area (Å²) < 4.78 is 2.41. The summed E-state index contributed by atoms with van der Waals surface area (Å²) in [6.07, 6.45) is 17.3. The number of hydrogen-bond donors (Lipinski definition) is 2. The molecule has 7 nitrogen and oxygen atoms in total. The first-order valence-electron chi connectivity index (χ1n) is 8.99. The van der Waals surface area contributed by atoms with E-state index in [0.717, 1.165) is 12.8 Å². The summed E-state index contributed by atoms with van der Waals surface area (Å²) >= 11 is 0. The summed E-state index contributed by atoms with van der Waals surface area (Å²) in [7, 11) is -5.33. The van der Waals surface area contributed by atoms with Crippen molar-refractivity contribution in [3.8, 4) is 0 Å². The molecular formula is C16H33CuO7Si-3. The SMILES string of the molecule is CCCCCCCCCCCCCCCC(=O)O.[Cu].[O-][Si]([O-])([O-])OO. The predicted molar refractivity (Wildman–Crippen MR) is 87.4 cm³/mol. The van der Waals surface area contributed by atoms with E-state index in [0.29, 0.717) is 6.42 Å². The molecule has 0 aliphatic heterocycles. The summed E-state index contributed by atoms with van der Waals surface area (Å²) in [5.41, 5.74) is 0. The van der Waals surface area contributed by atoms with Crippen LogP contribution in [0.25, 0.3) is 0 Å². The van der Waals surface area contributed by atoms with Crippen LogP contribution in [0.15, 0.2) is 0 Å². The molecule has 0 rings (SSSR count). The van der Waals surface area contributed by atoms with Gasteiger partial charge < -0.3 is 24.1 Å². The second-order valence-corrected chi connectivity index (χ2v) is 7.16. The minimum atomic E-state index is -5.33. The number of carboxylic acid groups (broad SMARTS) is 1. The molecule has 0 heterocycles. The second kappa shape index (κ2) is 22.0. The van der Waals surface area contributed by atoms with Crippen molar-refractivity contribution in [1.29, 1.82) is 0 Å². The Bertz CT molecular complexity index is 276. The molecule has 0 aromatic rings. The summed E-state index contributed by atoms with van der Waals surface area (Å²) in [6, 6.07) is 0. The predicted octanol–water partition coefficient (Wildman–Crippen LogP) is 1.54. The van der Waals surface area contributed by atoms with E-state index >= 15 is 0 Å². The zero-order valence-corrected chi connectivity index (χ0v) is 17.1. The van der Waals surface area contributed by atoms with Crippen molar-refractivity contribution in [2.75, 3.05) is 0 Å². The van der Waals surface area contributed by atoms with Crippen LogP contribution >= 0.6 is 0 Å². The molecule has 0 spiro atoms. The zero-order valence-electron chi connectivity index (χ0n) is 15.1. The van der Waals surface area contributed by atoms with E-state index in [1.807, 2.05) is 0 Å². The molecule has 157 valence electrons. The summed E-state index contributed by atoms with van der Waals surface area (Å²) in [6.45, 7) is 2.26. The molecule has 0 unspecified atom stereocenters. The molecule has 0 aromatic carbocycles. The Kier molecular flexibility index (Phi) is 26.2. The van der Waals surface area contributed by atoms with Crippen molar-refractivity contribution < 1.29 is 51.2 Å². The molecule has 0 saturated heterocycles. The molecule has 0 bridgehead atoms. The number of aliphatic carboxylic acids is 1. The number of hydrogen-bond acceptors (Lipinski definition) is 6. The Morgan fingerprint density at radius 1 is 0.800 bits per heavy atom. The molecule has 0 aromatic heterocycles. The number of unbranched alkanes of at least 4 members (excludes halogenated alkanes) is 12. The van der Waals surface area contributed by atoms with E-state index in [4.69, 9.17) is 24.8 Å². The van der Waals surface area contributed by atoms with Crippen molar-refractivity contribution in [1.82, 2.24) is 0 Å². The van der Waals surface area contributed by atoms with Gasteiger partial charge in [0.15, 0.2) is 0 Å². The molecule has 2 N–H and O–H groups in total. The van der Waals surface area contributed by atoms with Crippen LogP contribution in [0, 0.1) is 0 Å². The van der Waals surface area contributed by atoms with E-state index in [-0.39, 0.29) is 17.1 Å². The average molecular weight is 429 g/mol. The Labute approximate surface area is 163 Å². The van der Waals surface area contributed by atoms with Gasteiger partial charge in [-0.15, -0.1) is 0 Å². The van der Waals surface area contributed by atoms with Gasteiger partial charge in [-0.1, -0.05) is 93.0 Å². The fourth-order valence-electron chi connectivity index (χ4n) is 2.29. The van der Waals surface area contributed by atoms with Gasteiger partial charge in [0.1, 0.15) is 0 Å². The molecule has 0 saturated carbocycles. The van der Waals surface area contributed by atoms with Crippen LogP contribution in [-0.4, -0.2) is 25.4 Å². The third kappa shape index (κ3) is 35.9. The van der Waals surface area contributed by atoms with Crippen LogP contribution < -0.4 is 14.4 Å². The largest absolute Gasteiger partial charge is 0.859 e. The molecule has 0 amide bonds. The molecule has 0 aliphatic carbocycles. The first-order chi connectivity index (χ1) is 11.3. The number of carbonyl (C=O) groups is 1. The maximum absolute atomic E-state index is 10.3. The van der Waals surface area contributed by atoms with Gasteiger partial charge in [-0.3, -0.25) is 10.1 Å². The smallest absolute Gasteiger partial charge is 0.303 e. The summed E-state index contributed by atoms with van der Waals surface area (Å²) in [5.74, 6) is -0.655. The van der Waals surface area contributed by atoms with E-state index < -0.39 is 15.0 Å². The van der Waals surface area contributed by atoms with Crippen LogP contribution in [0.5, 0.6) is 0 Å². The fourth-order valence-corrected chi connectivity index (χ4v) is 2.29. The fraction of sp³-hybridized carbons (Fsp3) is 0.938. The minimum Gasteiger partial charge on any atom is -0.859 e. The van der Waals surface area contributed by atoms with Crippen molar-refractivity contribution in [3.05, 3.63) is 0 Å². The molecular weight excluding hydrogens is 396 g/mol. The average Bonchev–Trinajstić information content (AvgIpc) is 2.51. The van der Waals surface area contributed by atoms with Crippen LogP contribution in [0.3, 0.4) is 0 Å². The Hall–Kier alpha value is 0.00636. The van der Waals surface area contributed by atoms with Gasteiger partial charge in [-0.25, -0.2) is 0 Å². The monoisotopic (exact) mass is 428 g/mol. The molecule has 1 radical (unpaired) electrons. The van der Waals surface area contributed by atoms with E-state index in [1.54, 1.807) is 0 Å². The normalized spacial score (nSPS) is 10.6. The van der Waals surface area contributed by atoms with E-state index in [1.165, 1.54) is 70.6 Å². The van der Waals surface area contributed by atoms with Crippen LogP contribution in [0.2, 0.25) is 0 Å². The Morgan fingerprint density at radius 3 is 1.32 bits per heavy atom. The van der Waals surface area contributed by atoms with Gasteiger partial charge in [0, 0.05) is 23.5 Å². The number of carboxylic acids is 1. The molecule has 0 fully saturated rings. The second-order valence-electron chi connectivity index (χ2n) is 5.98. The van der Waals surface area contributed by atoms with Crippen LogP contribution in [0.4, 0.5) is 0 Å². The maximum atomic E-state index is 10.3. The first kappa shape index (κ1) is 29.8. The minimum absolute atomic E-state index is 0. The van der Waals surface area contributed by atoms with Gasteiger partial charge in [-0.05, 0) is 6.42 Å². The Morgan fingerprint density at radius 2 is 1.08 bits per heavy atom. The molecule has 0 aliphatic rings. The summed E-state index contributed by atoms with van der Waals surface area (Å²) in [4.78, 5) is 37.4. The number of rotatable bonds is 15. The molecule has 0 atom stereocenters. The van der Waals surface area contributed by atoms with E-state index in [2.05, 4.69) is 11.5 Å². The van der Waals surface area contributed by atoms with Crippen molar-refractivity contribution >= 4 is 15.0 Å². The van der Waals surface area contributed by atoms with E-state index in [9.17, 15) is 4.79 Å². The van der Waals surface area contributed by atoms with Crippen LogP contribution in [-0.2, 0) is 26.4 Å². The van der Waals surface area contributed by atoms with Gasteiger partial charge in [-0.2, -0.15) is 0 Å². The standard InChI is InChI=1S/C16H32O2.Cu.HO5Si/c1-2-3-4-5-6-7-8-9-10-11-12-13-14-15-16(17)18;;1-5-6(2,3)4/h2-15H2,1H3,(H,17,18);;1H/q;;-3. The van der Waals surface area contributed by atoms with Crippen molar-refractivity contribution in [2.24, 2.45) is 0 Å². The Balaban J connectivity index is -0.000000592. The van der Waals surface area contributed by atoms with Crippen molar-refractivity contribution in [3.63, 3.8) is 0 Å². The first-order valence-corrected chi connectivity index (χ1v) is 10.6. The summed E-state index contributed by atoms with van der Waals surface area (Å²) in [5, 5.41) is 15.5.